The molecule has 0 radical (unpaired) electrons. The van der Waals surface area contributed by atoms with Gasteiger partial charge in [-0.05, 0) is 30.4 Å². The molecular weight excluding hydrogens is 424 g/mol. The van der Waals surface area contributed by atoms with Crippen molar-refractivity contribution < 1.29 is 4.57 Å². The van der Waals surface area contributed by atoms with Gasteiger partial charge in [0, 0.05) is 5.41 Å². The van der Waals surface area contributed by atoms with Crippen LogP contribution in [0.3, 0.4) is 0 Å². The Balaban J connectivity index is 1.64. The molecule has 0 aliphatic carbocycles. The zero-order valence-corrected chi connectivity index (χ0v) is 22.7. The first-order valence-electron chi connectivity index (χ1n) is 14.3. The molecule has 0 fully saturated rings. The summed E-state index contributed by atoms with van der Waals surface area (Å²) in [6.07, 6.45) is 24.3. The lowest BCUT2D eigenvalue weighted by molar-refractivity contribution is -0.671. The number of benzene rings is 2. The zero-order chi connectivity index (χ0) is 24.8. The van der Waals surface area contributed by atoms with E-state index in [1.807, 2.05) is 0 Å². The van der Waals surface area contributed by atoms with E-state index in [2.05, 4.69) is 109 Å². The van der Waals surface area contributed by atoms with E-state index in [0.717, 1.165) is 6.42 Å². The van der Waals surface area contributed by atoms with E-state index in [-0.39, 0.29) is 5.41 Å². The second kappa shape index (κ2) is 14.9. The van der Waals surface area contributed by atoms with E-state index >= 15 is 0 Å². The van der Waals surface area contributed by atoms with Gasteiger partial charge in [0.05, 0.1) is 7.05 Å². The van der Waals surface area contributed by atoms with E-state index in [1.54, 1.807) is 0 Å². The molecule has 190 valence electrons. The van der Waals surface area contributed by atoms with E-state index in [9.17, 15) is 0 Å². The van der Waals surface area contributed by atoms with E-state index < -0.39 is 0 Å². The predicted molar refractivity (Wildman–Crippen MR) is 150 cm³/mol. The van der Waals surface area contributed by atoms with Crippen molar-refractivity contribution in [3.8, 4) is 0 Å². The number of aromatic nitrogens is 2. The molecule has 1 heterocycles. The minimum atomic E-state index is 0.0210. The Morgan fingerprint density at radius 1 is 0.743 bits per heavy atom. The molecule has 3 aromatic rings. The SMILES string of the molecule is CCCCCCCCCCCCCC(n1cc[n+](C)c1)C(C)(Cc1ccccc1)c1ccccc1. The Morgan fingerprint density at radius 3 is 1.83 bits per heavy atom. The second-order valence-electron chi connectivity index (χ2n) is 10.8. The van der Waals surface area contributed by atoms with Gasteiger partial charge in [-0.15, -0.1) is 0 Å². The fraction of sp³-hybridized carbons (Fsp3) is 0.545. The topological polar surface area (TPSA) is 8.81 Å². The molecule has 0 N–H and O–H groups in total. The van der Waals surface area contributed by atoms with Crippen molar-refractivity contribution in [2.24, 2.45) is 7.05 Å². The molecule has 0 aliphatic heterocycles. The fourth-order valence-electron chi connectivity index (χ4n) is 5.70. The van der Waals surface area contributed by atoms with E-state index in [0.29, 0.717) is 6.04 Å². The molecule has 0 saturated carbocycles. The first kappa shape index (κ1) is 27.2. The molecule has 2 aromatic carbocycles. The summed E-state index contributed by atoms with van der Waals surface area (Å²) in [5, 5.41) is 0. The van der Waals surface area contributed by atoms with Crippen LogP contribution in [-0.4, -0.2) is 4.57 Å². The van der Waals surface area contributed by atoms with Gasteiger partial charge in [0.1, 0.15) is 18.4 Å². The fourth-order valence-corrected chi connectivity index (χ4v) is 5.70. The van der Waals surface area contributed by atoms with Crippen LogP contribution in [0.25, 0.3) is 0 Å². The average Bonchev–Trinajstić information content (AvgIpc) is 3.31. The molecule has 1 aromatic heterocycles. The highest BCUT2D eigenvalue weighted by molar-refractivity contribution is 5.30. The molecule has 0 saturated heterocycles. The number of rotatable bonds is 17. The Kier molecular flexibility index (Phi) is 11.6. The molecule has 2 atom stereocenters. The third kappa shape index (κ3) is 8.67. The number of imidazole rings is 1. The van der Waals surface area contributed by atoms with Gasteiger partial charge in [-0.3, -0.25) is 0 Å². The molecule has 35 heavy (non-hydrogen) atoms. The first-order chi connectivity index (χ1) is 17.1. The van der Waals surface area contributed by atoms with Crippen LogP contribution in [-0.2, 0) is 18.9 Å². The van der Waals surface area contributed by atoms with Crippen molar-refractivity contribution in [3.05, 3.63) is 90.5 Å². The highest BCUT2D eigenvalue weighted by Crippen LogP contribution is 2.41. The lowest BCUT2D eigenvalue weighted by Gasteiger charge is -2.37. The van der Waals surface area contributed by atoms with Gasteiger partial charge >= 0.3 is 0 Å². The quantitative estimate of drug-likeness (QED) is 0.137. The number of hydrogen-bond donors (Lipinski definition) is 0. The molecule has 3 rings (SSSR count). The third-order valence-corrected chi connectivity index (χ3v) is 7.81. The smallest absolute Gasteiger partial charge is 0.240 e. The molecule has 0 bridgehead atoms. The van der Waals surface area contributed by atoms with Gasteiger partial charge in [-0.1, -0.05) is 139 Å². The van der Waals surface area contributed by atoms with Crippen LogP contribution in [0.1, 0.15) is 108 Å². The summed E-state index contributed by atoms with van der Waals surface area (Å²) >= 11 is 0. The van der Waals surface area contributed by atoms with Crippen LogP contribution >= 0.6 is 0 Å². The molecule has 2 heteroatoms. The maximum atomic E-state index is 2.48. The summed E-state index contributed by atoms with van der Waals surface area (Å²) in [6, 6.07) is 22.7. The summed E-state index contributed by atoms with van der Waals surface area (Å²) < 4.78 is 4.66. The Bertz CT molecular complexity index is 930. The molecule has 0 amide bonds. The maximum absolute atomic E-state index is 2.48. The highest BCUT2D eigenvalue weighted by atomic mass is 15.1. The monoisotopic (exact) mass is 473 g/mol. The summed E-state index contributed by atoms with van der Waals surface area (Å²) in [5.74, 6) is 0. The third-order valence-electron chi connectivity index (χ3n) is 7.81. The minimum Gasteiger partial charge on any atom is -0.240 e. The van der Waals surface area contributed by atoms with Gasteiger partial charge in [0.25, 0.3) is 0 Å². The van der Waals surface area contributed by atoms with Crippen LogP contribution in [0.5, 0.6) is 0 Å². The Hall–Kier alpha value is -2.35. The summed E-state index contributed by atoms with van der Waals surface area (Å²) in [4.78, 5) is 0. The zero-order valence-electron chi connectivity index (χ0n) is 22.7. The van der Waals surface area contributed by atoms with Crippen LogP contribution < -0.4 is 4.57 Å². The lowest BCUT2D eigenvalue weighted by Crippen LogP contribution is -2.37. The van der Waals surface area contributed by atoms with Crippen molar-refractivity contribution in [1.82, 2.24) is 4.57 Å². The molecular formula is C33H49N2+. The van der Waals surface area contributed by atoms with Gasteiger partial charge < -0.3 is 0 Å². The summed E-state index contributed by atoms with van der Waals surface area (Å²) in [5.41, 5.74) is 2.88. The van der Waals surface area contributed by atoms with Crippen molar-refractivity contribution in [2.45, 2.75) is 109 Å². The van der Waals surface area contributed by atoms with Crippen molar-refractivity contribution in [1.29, 1.82) is 0 Å². The molecule has 0 aliphatic rings. The normalized spacial score (nSPS) is 14.0. The number of hydrogen-bond acceptors (Lipinski definition) is 0. The Morgan fingerprint density at radius 2 is 1.29 bits per heavy atom. The van der Waals surface area contributed by atoms with Crippen molar-refractivity contribution >= 4 is 0 Å². The number of unbranched alkanes of at least 4 members (excludes halogenated alkanes) is 10. The van der Waals surface area contributed by atoms with Crippen LogP contribution in [0.2, 0.25) is 0 Å². The van der Waals surface area contributed by atoms with Gasteiger partial charge in [-0.25, -0.2) is 9.13 Å². The lowest BCUT2D eigenvalue weighted by atomic mass is 9.70. The van der Waals surface area contributed by atoms with Crippen LogP contribution in [0.15, 0.2) is 79.4 Å². The van der Waals surface area contributed by atoms with Gasteiger partial charge in [0.15, 0.2) is 0 Å². The van der Waals surface area contributed by atoms with E-state index in [4.69, 9.17) is 0 Å². The van der Waals surface area contributed by atoms with Gasteiger partial charge in [-0.2, -0.15) is 0 Å². The van der Waals surface area contributed by atoms with Gasteiger partial charge in [0.2, 0.25) is 6.33 Å². The van der Waals surface area contributed by atoms with Crippen LogP contribution in [0.4, 0.5) is 0 Å². The molecule has 0 spiro atoms. The summed E-state index contributed by atoms with van der Waals surface area (Å²) in [7, 11) is 2.13. The second-order valence-corrected chi connectivity index (χ2v) is 10.8. The van der Waals surface area contributed by atoms with E-state index in [1.165, 1.54) is 88.2 Å². The number of nitrogens with zero attached hydrogens (tertiary/aromatic N) is 2. The predicted octanol–water partition coefficient (Wildman–Crippen LogP) is 8.76. The highest BCUT2D eigenvalue weighted by Gasteiger charge is 2.40. The average molecular weight is 474 g/mol. The standard InChI is InChI=1S/C33H49N2/c1-4-5-6-7-8-9-10-11-12-13-20-25-32(35-27-26-34(3)29-35)33(2,31-23-18-15-19-24-31)28-30-21-16-14-17-22-30/h14-19,21-24,26-27,29,32H,4-13,20,25,28H2,1-3H3/q+1. The molecule has 2 nitrogen and oxygen atoms in total. The number of aryl methyl sites for hydroxylation is 1. The van der Waals surface area contributed by atoms with Crippen molar-refractivity contribution in [3.63, 3.8) is 0 Å². The first-order valence-corrected chi connectivity index (χ1v) is 14.3. The van der Waals surface area contributed by atoms with Crippen molar-refractivity contribution in [2.75, 3.05) is 0 Å². The van der Waals surface area contributed by atoms with Crippen LogP contribution in [0, 0.1) is 0 Å². The Labute approximate surface area is 215 Å². The summed E-state index contributed by atoms with van der Waals surface area (Å²) in [6.45, 7) is 4.78. The largest absolute Gasteiger partial charge is 0.243 e. The minimum absolute atomic E-state index is 0.0210. The molecule has 2 unspecified atom stereocenters. The maximum Gasteiger partial charge on any atom is 0.243 e.